The highest BCUT2D eigenvalue weighted by Crippen LogP contribution is 2.40. The number of rotatable bonds is 4. The van der Waals surface area contributed by atoms with Gasteiger partial charge in [-0.3, -0.25) is 9.78 Å². The van der Waals surface area contributed by atoms with Gasteiger partial charge in [-0.25, -0.2) is 14.1 Å². The van der Waals surface area contributed by atoms with Crippen LogP contribution in [0.25, 0.3) is 0 Å². The Morgan fingerprint density at radius 1 is 1.36 bits per heavy atom. The van der Waals surface area contributed by atoms with E-state index in [0.717, 1.165) is 37.1 Å². The normalized spacial score (nSPS) is 20.0. The van der Waals surface area contributed by atoms with E-state index in [1.165, 1.54) is 12.3 Å². The first-order valence-corrected chi connectivity index (χ1v) is 8.89. The number of carbonyl (C=O) groups is 1. The minimum absolute atomic E-state index is 0.0686. The highest BCUT2D eigenvalue weighted by molar-refractivity contribution is 5.94. The van der Waals surface area contributed by atoms with Crippen LogP contribution < -0.4 is 0 Å². The maximum atomic E-state index is 14.1. The molecule has 1 amide bonds. The van der Waals surface area contributed by atoms with Gasteiger partial charge in [0.05, 0.1) is 24.3 Å². The molecule has 4 rings (SSSR count). The summed E-state index contributed by atoms with van der Waals surface area (Å²) in [5, 5.41) is 4.64. The van der Waals surface area contributed by atoms with Gasteiger partial charge < -0.3 is 4.90 Å². The first-order valence-electron chi connectivity index (χ1n) is 8.89. The van der Waals surface area contributed by atoms with Crippen molar-refractivity contribution in [3.8, 4) is 0 Å². The maximum Gasteiger partial charge on any atom is 0.257 e. The van der Waals surface area contributed by atoms with Crippen molar-refractivity contribution in [3.05, 3.63) is 41.5 Å². The van der Waals surface area contributed by atoms with Gasteiger partial charge in [0, 0.05) is 18.7 Å². The largest absolute Gasteiger partial charge is 0.326 e. The molecule has 0 radical (unpaired) electrons. The van der Waals surface area contributed by atoms with Gasteiger partial charge in [-0.1, -0.05) is 13.8 Å². The average molecular weight is 343 g/mol. The minimum atomic E-state index is -0.582. The molecule has 0 spiro atoms. The first kappa shape index (κ1) is 16.2. The Balaban J connectivity index is 1.69. The lowest BCUT2D eigenvalue weighted by Gasteiger charge is -2.36. The van der Waals surface area contributed by atoms with E-state index in [-0.39, 0.29) is 17.5 Å². The SMILES string of the molecule is CC(C)C[C@H]1c2nc(C3CC3)nn2CCN1C(=O)c1ccncc1F. The van der Waals surface area contributed by atoms with Gasteiger partial charge in [0.15, 0.2) is 11.6 Å². The van der Waals surface area contributed by atoms with Crippen molar-refractivity contribution in [1.82, 2.24) is 24.6 Å². The molecule has 1 atom stereocenters. The summed E-state index contributed by atoms with van der Waals surface area (Å²) in [6.45, 7) is 5.35. The standard InChI is InChI=1S/C18H22FN5O/c1-11(2)9-15-17-21-16(12-3-4-12)22-24(17)8-7-23(15)18(25)13-5-6-20-10-14(13)19/h5-6,10-12,15H,3-4,7-9H2,1-2H3/t15-/m0/s1. The number of hydrogen-bond donors (Lipinski definition) is 0. The summed E-state index contributed by atoms with van der Waals surface area (Å²) in [6.07, 6.45) is 5.60. The topological polar surface area (TPSA) is 63.9 Å². The molecule has 3 heterocycles. The molecule has 0 bridgehead atoms. The molecule has 1 fully saturated rings. The van der Waals surface area contributed by atoms with Crippen LogP contribution in [0.2, 0.25) is 0 Å². The summed E-state index contributed by atoms with van der Waals surface area (Å²) >= 11 is 0. The van der Waals surface area contributed by atoms with Crippen molar-refractivity contribution < 1.29 is 9.18 Å². The van der Waals surface area contributed by atoms with Crippen LogP contribution in [0, 0.1) is 11.7 Å². The second-order valence-electron chi connectivity index (χ2n) is 7.33. The molecule has 0 unspecified atom stereocenters. The fourth-order valence-corrected chi connectivity index (χ4v) is 3.42. The second kappa shape index (κ2) is 6.20. The lowest BCUT2D eigenvalue weighted by molar-refractivity contribution is 0.0573. The van der Waals surface area contributed by atoms with Crippen LogP contribution in [-0.4, -0.2) is 37.1 Å². The van der Waals surface area contributed by atoms with E-state index in [2.05, 4.69) is 23.9 Å². The van der Waals surface area contributed by atoms with Crippen molar-refractivity contribution >= 4 is 5.91 Å². The van der Waals surface area contributed by atoms with E-state index < -0.39 is 5.82 Å². The van der Waals surface area contributed by atoms with Crippen molar-refractivity contribution in [2.45, 2.75) is 51.6 Å². The summed E-state index contributed by atoms with van der Waals surface area (Å²) in [5.74, 6) is 1.71. The number of pyridine rings is 1. The van der Waals surface area contributed by atoms with Crippen molar-refractivity contribution in [2.24, 2.45) is 5.92 Å². The van der Waals surface area contributed by atoms with E-state index in [1.54, 1.807) is 4.90 Å². The van der Waals surface area contributed by atoms with Crippen LogP contribution in [0.3, 0.4) is 0 Å². The third kappa shape index (κ3) is 3.03. The van der Waals surface area contributed by atoms with Crippen LogP contribution in [0.4, 0.5) is 4.39 Å². The number of amides is 1. The second-order valence-corrected chi connectivity index (χ2v) is 7.33. The number of halogens is 1. The molecular weight excluding hydrogens is 321 g/mol. The molecule has 25 heavy (non-hydrogen) atoms. The fourth-order valence-electron chi connectivity index (χ4n) is 3.42. The molecule has 1 saturated carbocycles. The Morgan fingerprint density at radius 2 is 2.16 bits per heavy atom. The molecule has 1 aliphatic heterocycles. The van der Waals surface area contributed by atoms with Crippen LogP contribution in [0.15, 0.2) is 18.5 Å². The predicted molar refractivity (Wildman–Crippen MR) is 89.4 cm³/mol. The lowest BCUT2D eigenvalue weighted by atomic mass is 9.99. The highest BCUT2D eigenvalue weighted by Gasteiger charge is 2.37. The van der Waals surface area contributed by atoms with Crippen LogP contribution in [0.5, 0.6) is 0 Å². The summed E-state index contributed by atoms with van der Waals surface area (Å²) in [6, 6.07) is 1.27. The summed E-state index contributed by atoms with van der Waals surface area (Å²) in [7, 11) is 0. The summed E-state index contributed by atoms with van der Waals surface area (Å²) in [5.41, 5.74) is 0.0686. The number of aromatic nitrogens is 4. The fraction of sp³-hybridized carbons (Fsp3) is 0.556. The van der Waals surface area contributed by atoms with E-state index >= 15 is 0 Å². The monoisotopic (exact) mass is 343 g/mol. The minimum Gasteiger partial charge on any atom is -0.326 e. The van der Waals surface area contributed by atoms with Gasteiger partial charge in [-0.15, -0.1) is 0 Å². The van der Waals surface area contributed by atoms with Gasteiger partial charge in [0.1, 0.15) is 5.82 Å². The molecule has 6 nitrogen and oxygen atoms in total. The van der Waals surface area contributed by atoms with Gasteiger partial charge >= 0.3 is 0 Å². The van der Waals surface area contributed by atoms with Gasteiger partial charge in [-0.05, 0) is 31.2 Å². The molecular formula is C18H22FN5O. The third-order valence-corrected chi connectivity index (χ3v) is 4.84. The Bertz CT molecular complexity index is 799. The highest BCUT2D eigenvalue weighted by atomic mass is 19.1. The number of nitrogens with zero attached hydrogens (tertiary/aromatic N) is 5. The van der Waals surface area contributed by atoms with E-state index in [0.29, 0.717) is 24.9 Å². The zero-order valence-corrected chi connectivity index (χ0v) is 14.5. The van der Waals surface area contributed by atoms with Gasteiger partial charge in [0.25, 0.3) is 5.91 Å². The van der Waals surface area contributed by atoms with Crippen molar-refractivity contribution in [3.63, 3.8) is 0 Å². The molecule has 2 aromatic heterocycles. The van der Waals surface area contributed by atoms with E-state index in [9.17, 15) is 9.18 Å². The molecule has 132 valence electrons. The zero-order valence-electron chi connectivity index (χ0n) is 14.5. The van der Waals surface area contributed by atoms with Crippen LogP contribution in [-0.2, 0) is 6.54 Å². The van der Waals surface area contributed by atoms with Crippen LogP contribution in [0.1, 0.15) is 67.1 Å². The summed E-state index contributed by atoms with van der Waals surface area (Å²) in [4.78, 5) is 23.2. The van der Waals surface area contributed by atoms with Crippen LogP contribution >= 0.6 is 0 Å². The Hall–Kier alpha value is -2.31. The Kier molecular flexibility index (Phi) is 4.01. The smallest absolute Gasteiger partial charge is 0.257 e. The van der Waals surface area contributed by atoms with E-state index in [1.807, 2.05) is 4.68 Å². The third-order valence-electron chi connectivity index (χ3n) is 4.84. The van der Waals surface area contributed by atoms with Crippen molar-refractivity contribution in [1.29, 1.82) is 0 Å². The number of carbonyl (C=O) groups excluding carboxylic acids is 1. The summed E-state index contributed by atoms with van der Waals surface area (Å²) < 4.78 is 16.0. The van der Waals surface area contributed by atoms with Gasteiger partial charge in [0.2, 0.25) is 0 Å². The molecule has 1 aliphatic carbocycles. The Morgan fingerprint density at radius 3 is 2.84 bits per heavy atom. The molecule has 0 aromatic carbocycles. The molecule has 2 aromatic rings. The molecule has 0 N–H and O–H groups in total. The first-order chi connectivity index (χ1) is 12.0. The number of fused-ring (bicyclic) bond motifs is 1. The zero-order chi connectivity index (χ0) is 17.6. The molecule has 7 heteroatoms. The van der Waals surface area contributed by atoms with Gasteiger partial charge in [-0.2, -0.15) is 5.10 Å². The predicted octanol–water partition coefficient (Wildman–Crippen LogP) is 2.93. The number of hydrogen-bond acceptors (Lipinski definition) is 4. The quantitative estimate of drug-likeness (QED) is 0.856. The van der Waals surface area contributed by atoms with E-state index in [4.69, 9.17) is 4.98 Å². The Labute approximate surface area is 146 Å². The molecule has 0 saturated heterocycles. The average Bonchev–Trinajstić information content (AvgIpc) is 3.34. The lowest BCUT2D eigenvalue weighted by Crippen LogP contribution is -2.43. The molecule has 2 aliphatic rings. The van der Waals surface area contributed by atoms with Crippen molar-refractivity contribution in [2.75, 3.05) is 6.54 Å². The maximum absolute atomic E-state index is 14.1.